The third kappa shape index (κ3) is 3.37. The lowest BCUT2D eigenvalue weighted by atomic mass is 9.97. The lowest BCUT2D eigenvalue weighted by Gasteiger charge is -2.12. The van der Waals surface area contributed by atoms with Gasteiger partial charge in [0.2, 0.25) is 0 Å². The molecule has 27 heavy (non-hydrogen) atoms. The van der Waals surface area contributed by atoms with Gasteiger partial charge in [-0.25, -0.2) is 0 Å². The first-order chi connectivity index (χ1) is 13.3. The molecule has 0 saturated heterocycles. The van der Waals surface area contributed by atoms with Gasteiger partial charge in [-0.3, -0.25) is 0 Å². The standard InChI is InChI=1S/C23H17N3O/c1-16-8-7-11-18(14-16)23-20(17-9-3-2-4-10-17)15-22(24-25-23)19-12-5-6-13-21(19)26-27/h2-15H,1H3. The summed E-state index contributed by atoms with van der Waals surface area (Å²) in [5.41, 5.74) is 6.64. The fraction of sp³-hybridized carbons (Fsp3) is 0.0435. The Hall–Kier alpha value is -3.66. The highest BCUT2D eigenvalue weighted by atomic mass is 16.3. The maximum Gasteiger partial charge on any atom is 0.117 e. The van der Waals surface area contributed by atoms with Crippen LogP contribution in [0.1, 0.15) is 5.56 Å². The number of nitrogens with zero attached hydrogens (tertiary/aromatic N) is 3. The van der Waals surface area contributed by atoms with Gasteiger partial charge in [-0.15, -0.1) is 15.1 Å². The first kappa shape index (κ1) is 16.8. The van der Waals surface area contributed by atoms with Crippen molar-refractivity contribution in [3.05, 3.63) is 95.4 Å². The summed E-state index contributed by atoms with van der Waals surface area (Å²) in [5.74, 6) is 0. The Bertz CT molecular complexity index is 1110. The fourth-order valence-electron chi connectivity index (χ4n) is 3.14. The van der Waals surface area contributed by atoms with Gasteiger partial charge in [-0.1, -0.05) is 72.3 Å². The summed E-state index contributed by atoms with van der Waals surface area (Å²) < 4.78 is 0. The van der Waals surface area contributed by atoms with Crippen molar-refractivity contribution in [2.75, 3.05) is 0 Å². The van der Waals surface area contributed by atoms with Crippen molar-refractivity contribution in [1.82, 2.24) is 10.2 Å². The molecule has 0 aliphatic carbocycles. The van der Waals surface area contributed by atoms with Crippen LogP contribution in [-0.2, 0) is 0 Å². The molecular weight excluding hydrogens is 334 g/mol. The molecule has 0 aliphatic rings. The number of nitroso groups, excluding NO2 is 1. The summed E-state index contributed by atoms with van der Waals surface area (Å²) in [6.07, 6.45) is 0. The normalized spacial score (nSPS) is 10.6. The van der Waals surface area contributed by atoms with Crippen LogP contribution < -0.4 is 0 Å². The van der Waals surface area contributed by atoms with Gasteiger partial charge >= 0.3 is 0 Å². The minimum atomic E-state index is 0.356. The van der Waals surface area contributed by atoms with Crippen LogP contribution in [-0.4, -0.2) is 10.2 Å². The van der Waals surface area contributed by atoms with Gasteiger partial charge in [-0.05, 0) is 35.9 Å². The van der Waals surface area contributed by atoms with Crippen LogP contribution in [0.5, 0.6) is 0 Å². The number of benzene rings is 3. The predicted octanol–water partition coefficient (Wildman–Crippen LogP) is 6.18. The molecule has 0 spiro atoms. The monoisotopic (exact) mass is 351 g/mol. The molecule has 0 radical (unpaired) electrons. The highest BCUT2D eigenvalue weighted by Crippen LogP contribution is 2.35. The molecule has 0 aliphatic heterocycles. The number of hydrogen-bond acceptors (Lipinski definition) is 4. The molecule has 1 aromatic heterocycles. The van der Waals surface area contributed by atoms with Crippen molar-refractivity contribution in [2.45, 2.75) is 6.92 Å². The van der Waals surface area contributed by atoms with Crippen LogP contribution in [0.15, 0.2) is 90.1 Å². The number of hydrogen-bond donors (Lipinski definition) is 0. The molecular formula is C23H17N3O. The van der Waals surface area contributed by atoms with Crippen LogP contribution in [0.4, 0.5) is 5.69 Å². The molecule has 4 aromatic rings. The van der Waals surface area contributed by atoms with Gasteiger partial charge in [0.1, 0.15) is 11.4 Å². The van der Waals surface area contributed by atoms with E-state index >= 15 is 0 Å². The third-order valence-electron chi connectivity index (χ3n) is 4.45. The van der Waals surface area contributed by atoms with E-state index in [0.29, 0.717) is 16.9 Å². The third-order valence-corrected chi connectivity index (χ3v) is 4.45. The summed E-state index contributed by atoms with van der Waals surface area (Å²) in [6.45, 7) is 2.06. The fourth-order valence-corrected chi connectivity index (χ4v) is 3.14. The summed E-state index contributed by atoms with van der Waals surface area (Å²) in [7, 11) is 0. The molecule has 0 fully saturated rings. The van der Waals surface area contributed by atoms with E-state index in [1.165, 1.54) is 0 Å². The van der Waals surface area contributed by atoms with E-state index in [4.69, 9.17) is 0 Å². The molecule has 0 amide bonds. The Morgan fingerprint density at radius 1 is 0.704 bits per heavy atom. The topological polar surface area (TPSA) is 55.2 Å². The lowest BCUT2D eigenvalue weighted by Crippen LogP contribution is -1.96. The molecule has 0 bridgehead atoms. The zero-order chi connectivity index (χ0) is 18.6. The molecule has 0 N–H and O–H groups in total. The molecule has 3 aromatic carbocycles. The molecule has 4 rings (SSSR count). The second kappa shape index (κ2) is 7.30. The van der Waals surface area contributed by atoms with Crippen molar-refractivity contribution >= 4 is 5.69 Å². The lowest BCUT2D eigenvalue weighted by molar-refractivity contribution is 1.05. The van der Waals surface area contributed by atoms with Crippen molar-refractivity contribution in [2.24, 2.45) is 5.18 Å². The minimum Gasteiger partial charge on any atom is -0.150 e. The van der Waals surface area contributed by atoms with Crippen molar-refractivity contribution in [3.8, 4) is 33.6 Å². The zero-order valence-corrected chi connectivity index (χ0v) is 14.8. The van der Waals surface area contributed by atoms with E-state index in [-0.39, 0.29) is 0 Å². The van der Waals surface area contributed by atoms with E-state index in [1.807, 2.05) is 60.7 Å². The average Bonchev–Trinajstić information content (AvgIpc) is 2.74. The van der Waals surface area contributed by atoms with Crippen molar-refractivity contribution in [1.29, 1.82) is 0 Å². The second-order valence-corrected chi connectivity index (χ2v) is 6.34. The largest absolute Gasteiger partial charge is 0.150 e. The first-order valence-electron chi connectivity index (χ1n) is 8.69. The first-order valence-corrected chi connectivity index (χ1v) is 8.69. The highest BCUT2D eigenvalue weighted by molar-refractivity contribution is 5.84. The maximum atomic E-state index is 11.2. The average molecular weight is 351 g/mol. The SMILES string of the molecule is Cc1cccc(-c2nnc(-c3ccccc3N=O)cc2-c2ccccc2)c1. The van der Waals surface area contributed by atoms with E-state index in [1.54, 1.807) is 12.1 Å². The van der Waals surface area contributed by atoms with E-state index in [0.717, 1.165) is 27.9 Å². The van der Waals surface area contributed by atoms with Crippen molar-refractivity contribution < 1.29 is 0 Å². The van der Waals surface area contributed by atoms with Gasteiger partial charge in [0.25, 0.3) is 0 Å². The van der Waals surface area contributed by atoms with Gasteiger partial charge in [-0.2, -0.15) is 0 Å². The predicted molar refractivity (Wildman–Crippen MR) is 109 cm³/mol. The van der Waals surface area contributed by atoms with E-state index < -0.39 is 0 Å². The number of aryl methyl sites for hydroxylation is 1. The van der Waals surface area contributed by atoms with Crippen LogP contribution in [0.3, 0.4) is 0 Å². The number of rotatable bonds is 4. The molecule has 130 valence electrons. The Kier molecular flexibility index (Phi) is 4.54. The zero-order valence-electron chi connectivity index (χ0n) is 14.8. The smallest absolute Gasteiger partial charge is 0.117 e. The van der Waals surface area contributed by atoms with Crippen molar-refractivity contribution in [3.63, 3.8) is 0 Å². The van der Waals surface area contributed by atoms with Crippen LogP contribution in [0.2, 0.25) is 0 Å². The van der Waals surface area contributed by atoms with E-state index in [9.17, 15) is 4.91 Å². The molecule has 0 unspecified atom stereocenters. The molecule has 0 atom stereocenters. The van der Waals surface area contributed by atoms with Gasteiger partial charge < -0.3 is 0 Å². The van der Waals surface area contributed by atoms with E-state index in [2.05, 4.69) is 34.4 Å². The number of aromatic nitrogens is 2. The molecule has 0 saturated carbocycles. The Labute approximate surface area is 157 Å². The maximum absolute atomic E-state index is 11.2. The van der Waals surface area contributed by atoms with Gasteiger partial charge in [0.15, 0.2) is 0 Å². The summed E-state index contributed by atoms with van der Waals surface area (Å²) in [5, 5.41) is 12.0. The Morgan fingerprint density at radius 2 is 1.44 bits per heavy atom. The van der Waals surface area contributed by atoms with Crippen LogP contribution in [0.25, 0.3) is 33.6 Å². The molecule has 4 nitrogen and oxygen atoms in total. The van der Waals surface area contributed by atoms with Gasteiger partial charge in [0, 0.05) is 16.7 Å². The quantitative estimate of drug-likeness (QED) is 0.412. The molecule has 1 heterocycles. The van der Waals surface area contributed by atoms with Crippen LogP contribution in [0, 0.1) is 11.8 Å². The Morgan fingerprint density at radius 3 is 2.22 bits per heavy atom. The summed E-state index contributed by atoms with van der Waals surface area (Å²) in [6, 6.07) is 27.4. The van der Waals surface area contributed by atoms with Gasteiger partial charge in [0.05, 0.1) is 5.69 Å². The Balaban J connectivity index is 1.95. The van der Waals surface area contributed by atoms with Crippen LogP contribution >= 0.6 is 0 Å². The molecule has 4 heteroatoms. The highest BCUT2D eigenvalue weighted by Gasteiger charge is 2.14. The minimum absolute atomic E-state index is 0.356. The second-order valence-electron chi connectivity index (χ2n) is 6.34. The summed E-state index contributed by atoms with van der Waals surface area (Å²) in [4.78, 5) is 11.2. The summed E-state index contributed by atoms with van der Waals surface area (Å²) >= 11 is 0.